The maximum Gasteiger partial charge on any atom is 0.309 e. The molecule has 5 unspecified atom stereocenters. The van der Waals surface area contributed by atoms with E-state index in [4.69, 9.17) is 23.7 Å². The average molecular weight is 593 g/mol. The first-order valence-electron chi connectivity index (χ1n) is 15.7. The Morgan fingerprint density at radius 1 is 1.05 bits per heavy atom. The molecule has 1 saturated heterocycles. The first-order valence-corrected chi connectivity index (χ1v) is 15.7. The number of hydrogen-bond acceptors (Lipinski definition) is 9. The standard InChI is InChI=1S/C33H56N2O7/c1-8-31(36)42-30-24-32(37)41-26(3)17-20-35(34(4)18-12-15-27-13-10-9-11-14-27)19-16-25(2)21-28(22-29(30)38-5)23-33(39-6)40-7/h9-11,13-14,25-26,28-30,33H,8,12,15-24H2,1-7H3. The highest BCUT2D eigenvalue weighted by atomic mass is 16.7. The summed E-state index contributed by atoms with van der Waals surface area (Å²) in [5.74, 6) is -0.134. The second-order valence-corrected chi connectivity index (χ2v) is 11.7. The van der Waals surface area contributed by atoms with Gasteiger partial charge in [-0.1, -0.05) is 44.2 Å². The van der Waals surface area contributed by atoms with E-state index in [2.05, 4.69) is 54.3 Å². The predicted molar refractivity (Wildman–Crippen MR) is 164 cm³/mol. The number of aryl methyl sites for hydroxylation is 1. The zero-order valence-electron chi connectivity index (χ0n) is 27.1. The van der Waals surface area contributed by atoms with Crippen LogP contribution in [0.2, 0.25) is 0 Å². The predicted octanol–water partition coefficient (Wildman–Crippen LogP) is 5.26. The van der Waals surface area contributed by atoms with E-state index in [0.29, 0.717) is 25.2 Å². The molecule has 0 N–H and O–H groups in total. The number of rotatable bonds is 12. The first kappa shape index (κ1) is 36.2. The molecular formula is C33H56N2O7. The van der Waals surface area contributed by atoms with Gasteiger partial charge in [-0.15, -0.1) is 0 Å². The Balaban J connectivity index is 2.21. The van der Waals surface area contributed by atoms with Crippen LogP contribution in [-0.4, -0.2) is 94.6 Å². The van der Waals surface area contributed by atoms with E-state index in [0.717, 1.165) is 45.3 Å². The Morgan fingerprint density at radius 2 is 1.74 bits per heavy atom. The molecule has 1 aromatic carbocycles. The number of benzene rings is 1. The van der Waals surface area contributed by atoms with Gasteiger partial charge in [-0.3, -0.25) is 9.59 Å². The van der Waals surface area contributed by atoms with Gasteiger partial charge in [0.2, 0.25) is 0 Å². The van der Waals surface area contributed by atoms with Gasteiger partial charge < -0.3 is 23.7 Å². The fraction of sp³-hybridized carbons (Fsp3) is 0.758. The lowest BCUT2D eigenvalue weighted by Gasteiger charge is -2.34. The Labute approximate surface area is 254 Å². The van der Waals surface area contributed by atoms with Crippen molar-refractivity contribution in [2.24, 2.45) is 11.8 Å². The van der Waals surface area contributed by atoms with Crippen LogP contribution >= 0.6 is 0 Å². The number of esters is 2. The number of nitrogens with zero attached hydrogens (tertiary/aromatic N) is 2. The van der Waals surface area contributed by atoms with Crippen molar-refractivity contribution < 1.29 is 33.3 Å². The summed E-state index contributed by atoms with van der Waals surface area (Å²) in [4.78, 5) is 25.3. The van der Waals surface area contributed by atoms with Crippen molar-refractivity contribution in [2.75, 3.05) is 48.0 Å². The molecular weight excluding hydrogens is 536 g/mol. The molecule has 240 valence electrons. The minimum atomic E-state index is -0.721. The van der Waals surface area contributed by atoms with Crippen LogP contribution < -0.4 is 0 Å². The number of hydrazine groups is 1. The maximum atomic E-state index is 13.0. The minimum absolute atomic E-state index is 0.0437. The molecule has 0 radical (unpaired) electrons. The molecule has 1 heterocycles. The largest absolute Gasteiger partial charge is 0.463 e. The van der Waals surface area contributed by atoms with E-state index >= 15 is 0 Å². The molecule has 0 aromatic heterocycles. The third-order valence-corrected chi connectivity index (χ3v) is 8.29. The highest BCUT2D eigenvalue weighted by molar-refractivity contribution is 5.72. The van der Waals surface area contributed by atoms with Crippen LogP contribution in [0.25, 0.3) is 0 Å². The minimum Gasteiger partial charge on any atom is -0.463 e. The maximum absolute atomic E-state index is 13.0. The summed E-state index contributed by atoms with van der Waals surface area (Å²) in [7, 11) is 7.05. The Kier molecular flexibility index (Phi) is 17.2. The summed E-state index contributed by atoms with van der Waals surface area (Å²) in [6, 6.07) is 10.6. The lowest BCUT2D eigenvalue weighted by molar-refractivity contribution is -0.166. The number of cyclic esters (lactones) is 1. The zero-order valence-corrected chi connectivity index (χ0v) is 27.1. The molecule has 0 saturated carbocycles. The SMILES string of the molecule is CCC(=O)OC1CC(=O)OC(C)CCN(N(C)CCCc2ccccc2)CCC(C)CC(CC(OC)OC)CC1OC. The molecule has 0 amide bonds. The molecule has 1 aromatic rings. The Bertz CT molecular complexity index is 882. The fourth-order valence-corrected chi connectivity index (χ4v) is 5.71. The number of hydrogen-bond donors (Lipinski definition) is 0. The molecule has 0 bridgehead atoms. The topological polar surface area (TPSA) is 86.8 Å². The molecule has 2 rings (SSSR count). The summed E-state index contributed by atoms with van der Waals surface area (Å²) in [6.07, 6.45) is 4.44. The highest BCUT2D eigenvalue weighted by Gasteiger charge is 2.33. The molecule has 1 fully saturated rings. The summed E-state index contributed by atoms with van der Waals surface area (Å²) >= 11 is 0. The fourth-order valence-electron chi connectivity index (χ4n) is 5.71. The van der Waals surface area contributed by atoms with Gasteiger partial charge in [0, 0.05) is 60.9 Å². The van der Waals surface area contributed by atoms with E-state index in [1.165, 1.54) is 5.56 Å². The normalized spacial score (nSPS) is 25.5. The summed E-state index contributed by atoms with van der Waals surface area (Å²) in [5, 5.41) is 4.73. The molecule has 9 heteroatoms. The summed E-state index contributed by atoms with van der Waals surface area (Å²) in [5.41, 5.74) is 1.35. The van der Waals surface area contributed by atoms with E-state index in [9.17, 15) is 9.59 Å². The summed E-state index contributed by atoms with van der Waals surface area (Å²) in [6.45, 7) is 8.62. The second-order valence-electron chi connectivity index (χ2n) is 11.7. The van der Waals surface area contributed by atoms with Gasteiger partial charge in [-0.25, -0.2) is 10.0 Å². The van der Waals surface area contributed by atoms with E-state index < -0.39 is 12.2 Å². The van der Waals surface area contributed by atoms with Gasteiger partial charge in [-0.05, 0) is 62.8 Å². The van der Waals surface area contributed by atoms with Crippen molar-refractivity contribution in [3.63, 3.8) is 0 Å². The van der Waals surface area contributed by atoms with Crippen molar-refractivity contribution in [1.82, 2.24) is 10.0 Å². The van der Waals surface area contributed by atoms with E-state index in [1.807, 2.05) is 6.92 Å². The van der Waals surface area contributed by atoms with Crippen LogP contribution in [0.1, 0.15) is 77.7 Å². The number of carbonyl (C=O) groups excluding carboxylic acids is 2. The van der Waals surface area contributed by atoms with Crippen molar-refractivity contribution in [3.05, 3.63) is 35.9 Å². The van der Waals surface area contributed by atoms with E-state index in [1.54, 1.807) is 28.3 Å². The summed E-state index contributed by atoms with van der Waals surface area (Å²) < 4.78 is 28.5. The number of carbonyl (C=O) groups is 2. The van der Waals surface area contributed by atoms with Gasteiger partial charge in [0.25, 0.3) is 0 Å². The zero-order chi connectivity index (χ0) is 30.9. The van der Waals surface area contributed by atoms with Crippen LogP contribution in [0.5, 0.6) is 0 Å². The van der Waals surface area contributed by atoms with Crippen LogP contribution in [0, 0.1) is 11.8 Å². The monoisotopic (exact) mass is 592 g/mol. The van der Waals surface area contributed by atoms with Crippen molar-refractivity contribution in [1.29, 1.82) is 0 Å². The lowest BCUT2D eigenvalue weighted by atomic mass is 9.85. The van der Waals surface area contributed by atoms with Crippen LogP contribution in [0.4, 0.5) is 0 Å². The second kappa shape index (κ2) is 20.0. The molecule has 42 heavy (non-hydrogen) atoms. The van der Waals surface area contributed by atoms with Crippen LogP contribution in [-0.2, 0) is 39.7 Å². The lowest BCUT2D eigenvalue weighted by Crippen LogP contribution is -2.43. The molecule has 0 spiro atoms. The molecule has 9 nitrogen and oxygen atoms in total. The highest BCUT2D eigenvalue weighted by Crippen LogP contribution is 2.29. The van der Waals surface area contributed by atoms with Gasteiger partial charge >= 0.3 is 11.9 Å². The van der Waals surface area contributed by atoms with Crippen molar-refractivity contribution in [3.8, 4) is 0 Å². The molecule has 0 aliphatic carbocycles. The molecule has 1 aliphatic heterocycles. The van der Waals surface area contributed by atoms with Crippen molar-refractivity contribution >= 4 is 11.9 Å². The van der Waals surface area contributed by atoms with Crippen molar-refractivity contribution in [2.45, 2.75) is 103 Å². The Morgan fingerprint density at radius 3 is 2.38 bits per heavy atom. The average Bonchev–Trinajstić information content (AvgIpc) is 2.98. The number of ether oxygens (including phenoxy) is 5. The third kappa shape index (κ3) is 13.5. The number of methoxy groups -OCH3 is 3. The quantitative estimate of drug-likeness (QED) is 0.238. The van der Waals surface area contributed by atoms with Gasteiger partial charge in [0.05, 0.1) is 12.5 Å². The molecule has 1 aliphatic rings. The molecule has 5 atom stereocenters. The van der Waals surface area contributed by atoms with Gasteiger partial charge in [-0.2, -0.15) is 0 Å². The third-order valence-electron chi connectivity index (χ3n) is 8.29. The first-order chi connectivity index (χ1) is 20.2. The van der Waals surface area contributed by atoms with Gasteiger partial charge in [0.15, 0.2) is 6.29 Å². The van der Waals surface area contributed by atoms with E-state index in [-0.39, 0.29) is 43.1 Å². The van der Waals surface area contributed by atoms with Gasteiger partial charge in [0.1, 0.15) is 12.2 Å². The smallest absolute Gasteiger partial charge is 0.309 e. The Hall–Kier alpha value is -2.04. The van der Waals surface area contributed by atoms with Crippen LogP contribution in [0.3, 0.4) is 0 Å². The van der Waals surface area contributed by atoms with Crippen LogP contribution in [0.15, 0.2) is 30.3 Å².